The monoisotopic (exact) mass is 327 g/mol. The first-order valence-corrected chi connectivity index (χ1v) is 8.36. The van der Waals surface area contributed by atoms with Crippen LogP contribution < -0.4 is 0 Å². The molecule has 0 aromatic rings. The third kappa shape index (κ3) is 4.35. The summed E-state index contributed by atoms with van der Waals surface area (Å²) in [7, 11) is 0. The second kappa shape index (κ2) is 7.05. The molecule has 0 spiro atoms. The average Bonchev–Trinajstić information content (AvgIpc) is 2.35. The van der Waals surface area contributed by atoms with Gasteiger partial charge < -0.3 is 14.7 Å². The van der Waals surface area contributed by atoms with Crippen LogP contribution in [0, 0.1) is 0 Å². The molecule has 2 heterocycles. The summed E-state index contributed by atoms with van der Waals surface area (Å²) in [5, 5.41) is 9.02. The Balaban J connectivity index is 1.92. The highest BCUT2D eigenvalue weighted by atomic mass is 16.6. The summed E-state index contributed by atoms with van der Waals surface area (Å²) in [6.07, 6.45) is 0.287. The number of piperazine rings is 1. The van der Waals surface area contributed by atoms with Crippen molar-refractivity contribution in [3.63, 3.8) is 0 Å². The molecule has 2 fully saturated rings. The SMILES string of the molecule is C[C@@H]1CN(CCO)CCN1C(=O)[C@H]1CCN1C(=O)OC(C)(C)C. The lowest BCUT2D eigenvalue weighted by molar-refractivity contribution is -0.145. The van der Waals surface area contributed by atoms with Gasteiger partial charge >= 0.3 is 6.09 Å². The van der Waals surface area contributed by atoms with E-state index in [2.05, 4.69) is 4.90 Å². The van der Waals surface area contributed by atoms with Crippen molar-refractivity contribution in [2.45, 2.75) is 51.8 Å². The van der Waals surface area contributed by atoms with Gasteiger partial charge in [0.2, 0.25) is 5.91 Å². The zero-order valence-electron chi connectivity index (χ0n) is 14.6. The van der Waals surface area contributed by atoms with Crippen LogP contribution in [0.4, 0.5) is 4.79 Å². The van der Waals surface area contributed by atoms with E-state index in [0.717, 1.165) is 13.1 Å². The van der Waals surface area contributed by atoms with E-state index >= 15 is 0 Å². The molecule has 0 bridgehead atoms. The van der Waals surface area contributed by atoms with Crippen molar-refractivity contribution in [1.82, 2.24) is 14.7 Å². The molecule has 0 saturated carbocycles. The molecular formula is C16H29N3O4. The number of β-amino-alcohol motifs (C(OH)–C–C–N with tert-alkyl or cyclic N) is 1. The number of ether oxygens (including phenoxy) is 1. The number of hydrogen-bond acceptors (Lipinski definition) is 5. The van der Waals surface area contributed by atoms with Crippen LogP contribution in [0.15, 0.2) is 0 Å². The first kappa shape index (κ1) is 18.0. The van der Waals surface area contributed by atoms with Crippen molar-refractivity contribution in [1.29, 1.82) is 0 Å². The van der Waals surface area contributed by atoms with Crippen molar-refractivity contribution in [2.75, 3.05) is 39.3 Å². The third-order valence-corrected chi connectivity index (χ3v) is 4.34. The van der Waals surface area contributed by atoms with E-state index in [0.29, 0.717) is 26.1 Å². The molecule has 0 aliphatic carbocycles. The summed E-state index contributed by atoms with van der Waals surface area (Å²) in [6.45, 7) is 11.0. The first-order valence-electron chi connectivity index (χ1n) is 8.36. The normalized spacial score (nSPS) is 26.0. The van der Waals surface area contributed by atoms with Crippen molar-refractivity contribution in [3.05, 3.63) is 0 Å². The van der Waals surface area contributed by atoms with Gasteiger partial charge in [0.05, 0.1) is 6.61 Å². The van der Waals surface area contributed by atoms with E-state index in [1.54, 1.807) is 0 Å². The lowest BCUT2D eigenvalue weighted by Crippen LogP contribution is -2.64. The predicted molar refractivity (Wildman–Crippen MR) is 86.0 cm³/mol. The fourth-order valence-electron chi connectivity index (χ4n) is 3.08. The Hall–Kier alpha value is -1.34. The minimum Gasteiger partial charge on any atom is -0.444 e. The molecule has 2 amide bonds. The van der Waals surface area contributed by atoms with Crippen LogP contribution in [0.3, 0.4) is 0 Å². The van der Waals surface area contributed by atoms with Gasteiger partial charge in [-0.1, -0.05) is 0 Å². The molecule has 2 aliphatic rings. The summed E-state index contributed by atoms with van der Waals surface area (Å²) in [5.41, 5.74) is -0.552. The summed E-state index contributed by atoms with van der Waals surface area (Å²) < 4.78 is 5.37. The zero-order chi connectivity index (χ0) is 17.2. The van der Waals surface area contributed by atoms with Crippen molar-refractivity contribution in [3.8, 4) is 0 Å². The van der Waals surface area contributed by atoms with Crippen LogP contribution >= 0.6 is 0 Å². The Labute approximate surface area is 138 Å². The fourth-order valence-corrected chi connectivity index (χ4v) is 3.08. The molecule has 2 atom stereocenters. The second-order valence-electron chi connectivity index (χ2n) is 7.38. The molecule has 0 unspecified atom stereocenters. The smallest absolute Gasteiger partial charge is 0.410 e. The Morgan fingerprint density at radius 3 is 2.35 bits per heavy atom. The minimum atomic E-state index is -0.552. The number of aliphatic hydroxyl groups is 1. The Morgan fingerprint density at radius 2 is 1.87 bits per heavy atom. The number of aliphatic hydroxyl groups excluding tert-OH is 1. The molecule has 0 radical (unpaired) electrons. The zero-order valence-corrected chi connectivity index (χ0v) is 14.6. The molecule has 1 N–H and O–H groups in total. The van der Waals surface area contributed by atoms with E-state index in [4.69, 9.17) is 9.84 Å². The lowest BCUT2D eigenvalue weighted by Gasteiger charge is -2.46. The molecule has 0 aromatic heterocycles. The Kier molecular flexibility index (Phi) is 5.52. The molecule has 0 aromatic carbocycles. The van der Waals surface area contributed by atoms with Gasteiger partial charge in [0.25, 0.3) is 0 Å². The van der Waals surface area contributed by atoms with Crippen molar-refractivity contribution >= 4 is 12.0 Å². The highest BCUT2D eigenvalue weighted by Gasteiger charge is 2.43. The molecule has 2 rings (SSSR count). The fraction of sp³-hybridized carbons (Fsp3) is 0.875. The molecular weight excluding hydrogens is 298 g/mol. The van der Waals surface area contributed by atoms with Gasteiger partial charge in [-0.15, -0.1) is 0 Å². The topological polar surface area (TPSA) is 73.3 Å². The first-order chi connectivity index (χ1) is 10.7. The number of nitrogens with zero attached hydrogens (tertiary/aromatic N) is 3. The van der Waals surface area contributed by atoms with E-state index < -0.39 is 17.7 Å². The average molecular weight is 327 g/mol. The highest BCUT2D eigenvalue weighted by molar-refractivity contribution is 5.87. The highest BCUT2D eigenvalue weighted by Crippen LogP contribution is 2.24. The number of rotatable bonds is 3. The molecule has 2 saturated heterocycles. The van der Waals surface area contributed by atoms with Gasteiger partial charge in [-0.25, -0.2) is 4.79 Å². The quantitative estimate of drug-likeness (QED) is 0.818. The third-order valence-electron chi connectivity index (χ3n) is 4.34. The molecule has 132 valence electrons. The Bertz CT molecular complexity index is 449. The largest absolute Gasteiger partial charge is 0.444 e. The summed E-state index contributed by atoms with van der Waals surface area (Å²) in [4.78, 5) is 30.4. The van der Waals surface area contributed by atoms with E-state index in [1.807, 2.05) is 32.6 Å². The molecule has 2 aliphatic heterocycles. The standard InChI is InChI=1S/C16H29N3O4/c1-12-11-17(9-10-20)7-8-18(12)14(21)13-5-6-19(13)15(22)23-16(2,3)4/h12-13,20H,5-11H2,1-4H3/t12-,13-/m1/s1. The number of carbonyl (C=O) groups is 2. The molecule has 23 heavy (non-hydrogen) atoms. The van der Waals surface area contributed by atoms with Gasteiger partial charge in [-0.05, 0) is 34.1 Å². The Morgan fingerprint density at radius 1 is 1.17 bits per heavy atom. The molecule has 7 nitrogen and oxygen atoms in total. The van der Waals surface area contributed by atoms with Crippen LogP contribution in [0.2, 0.25) is 0 Å². The van der Waals surface area contributed by atoms with Crippen LogP contribution in [-0.4, -0.2) is 88.8 Å². The number of amides is 2. The summed E-state index contributed by atoms with van der Waals surface area (Å²) in [5.74, 6) is 0.0123. The van der Waals surface area contributed by atoms with Crippen LogP contribution in [-0.2, 0) is 9.53 Å². The number of likely N-dealkylation sites (tertiary alicyclic amines) is 1. The predicted octanol–water partition coefficient (Wildman–Crippen LogP) is 0.521. The summed E-state index contributed by atoms with van der Waals surface area (Å²) >= 11 is 0. The van der Waals surface area contributed by atoms with Gasteiger partial charge in [0.15, 0.2) is 0 Å². The van der Waals surface area contributed by atoms with Gasteiger partial charge in [0, 0.05) is 38.8 Å². The van der Waals surface area contributed by atoms with E-state index in [9.17, 15) is 9.59 Å². The van der Waals surface area contributed by atoms with Crippen molar-refractivity contribution in [2.24, 2.45) is 0 Å². The van der Waals surface area contributed by atoms with Crippen LogP contribution in [0.25, 0.3) is 0 Å². The van der Waals surface area contributed by atoms with Crippen LogP contribution in [0.1, 0.15) is 34.1 Å². The lowest BCUT2D eigenvalue weighted by atomic mass is 10.0. The summed E-state index contributed by atoms with van der Waals surface area (Å²) in [6, 6.07) is -0.305. The van der Waals surface area contributed by atoms with E-state index in [-0.39, 0.29) is 18.6 Å². The molecule has 7 heteroatoms. The maximum Gasteiger partial charge on any atom is 0.410 e. The maximum absolute atomic E-state index is 12.7. The second-order valence-corrected chi connectivity index (χ2v) is 7.38. The minimum absolute atomic E-state index is 0.0123. The number of hydrogen-bond donors (Lipinski definition) is 1. The van der Waals surface area contributed by atoms with Gasteiger partial charge in [0.1, 0.15) is 11.6 Å². The van der Waals surface area contributed by atoms with Crippen LogP contribution in [0.5, 0.6) is 0 Å². The van der Waals surface area contributed by atoms with Gasteiger partial charge in [-0.3, -0.25) is 14.6 Å². The van der Waals surface area contributed by atoms with Crippen molar-refractivity contribution < 1.29 is 19.4 Å². The maximum atomic E-state index is 12.7. The van der Waals surface area contributed by atoms with E-state index in [1.165, 1.54) is 4.90 Å². The van der Waals surface area contributed by atoms with Gasteiger partial charge in [-0.2, -0.15) is 0 Å². The number of carbonyl (C=O) groups excluding carboxylic acids is 2.